The van der Waals surface area contributed by atoms with E-state index in [1.165, 1.54) is 27.8 Å². The zero-order chi connectivity index (χ0) is 18.5. The average molecular weight is 348 g/mol. The normalized spacial score (nSPS) is 15.3. The molecule has 0 N–H and O–H groups in total. The highest BCUT2D eigenvalue weighted by Gasteiger charge is 2.19. The molecule has 2 nitrogen and oxygen atoms in total. The lowest BCUT2D eigenvalue weighted by Gasteiger charge is -2.30. The SMILES string of the molecule is CC1=C(c2ccccc2C)CN(CCCC(=O)c2ccc(C)cc2)CC1. The third-order valence-corrected chi connectivity index (χ3v) is 5.42. The molecule has 1 aliphatic rings. The fourth-order valence-corrected chi connectivity index (χ4v) is 3.68. The molecule has 0 amide bonds. The standard InChI is InChI=1S/C24H29NO/c1-18-10-12-21(13-11-18)24(26)9-6-15-25-16-14-20(3)23(17-25)22-8-5-4-7-19(22)2/h4-5,7-8,10-13H,6,9,14-17H2,1-3H3. The van der Waals surface area contributed by atoms with Crippen molar-refractivity contribution in [2.24, 2.45) is 0 Å². The summed E-state index contributed by atoms with van der Waals surface area (Å²) in [6.45, 7) is 9.58. The second kappa shape index (κ2) is 8.46. The summed E-state index contributed by atoms with van der Waals surface area (Å²) in [5.74, 6) is 0.257. The number of hydrogen-bond donors (Lipinski definition) is 0. The van der Waals surface area contributed by atoms with Crippen LogP contribution in [0.1, 0.15) is 53.2 Å². The Labute approximate surface area is 157 Å². The van der Waals surface area contributed by atoms with Gasteiger partial charge in [0.15, 0.2) is 5.78 Å². The summed E-state index contributed by atoms with van der Waals surface area (Å²) in [5, 5.41) is 0. The van der Waals surface area contributed by atoms with E-state index in [2.05, 4.69) is 43.0 Å². The molecule has 0 bridgehead atoms. The van der Waals surface area contributed by atoms with Gasteiger partial charge in [-0.05, 0) is 56.9 Å². The quantitative estimate of drug-likeness (QED) is 0.648. The maximum atomic E-state index is 12.4. The van der Waals surface area contributed by atoms with Gasteiger partial charge in [0.1, 0.15) is 0 Å². The molecule has 1 aliphatic heterocycles. The van der Waals surface area contributed by atoms with E-state index in [-0.39, 0.29) is 5.78 Å². The second-order valence-electron chi connectivity index (χ2n) is 7.49. The van der Waals surface area contributed by atoms with E-state index < -0.39 is 0 Å². The predicted octanol–water partition coefficient (Wildman–Crippen LogP) is 5.45. The third-order valence-electron chi connectivity index (χ3n) is 5.42. The van der Waals surface area contributed by atoms with Gasteiger partial charge in [-0.1, -0.05) is 59.7 Å². The van der Waals surface area contributed by atoms with E-state index in [4.69, 9.17) is 0 Å². The topological polar surface area (TPSA) is 20.3 Å². The van der Waals surface area contributed by atoms with E-state index in [1.54, 1.807) is 0 Å². The van der Waals surface area contributed by atoms with Crippen LogP contribution in [0.25, 0.3) is 5.57 Å². The van der Waals surface area contributed by atoms with Crippen molar-refractivity contribution in [2.45, 2.75) is 40.0 Å². The van der Waals surface area contributed by atoms with Crippen molar-refractivity contribution < 1.29 is 4.79 Å². The number of Topliss-reactive ketones (excluding diaryl/α,β-unsaturated/α-hetero) is 1. The van der Waals surface area contributed by atoms with Gasteiger partial charge in [0.2, 0.25) is 0 Å². The van der Waals surface area contributed by atoms with Gasteiger partial charge in [-0.15, -0.1) is 0 Å². The van der Waals surface area contributed by atoms with Crippen LogP contribution in [0.3, 0.4) is 0 Å². The molecular formula is C24H29NO. The minimum absolute atomic E-state index is 0.257. The predicted molar refractivity (Wildman–Crippen MR) is 110 cm³/mol. The molecule has 136 valence electrons. The summed E-state index contributed by atoms with van der Waals surface area (Å²) < 4.78 is 0. The highest BCUT2D eigenvalue weighted by molar-refractivity contribution is 5.96. The number of carbonyl (C=O) groups is 1. The van der Waals surface area contributed by atoms with Gasteiger partial charge in [0.25, 0.3) is 0 Å². The van der Waals surface area contributed by atoms with Crippen LogP contribution >= 0.6 is 0 Å². The molecule has 2 aromatic carbocycles. The molecule has 0 spiro atoms. The number of rotatable bonds is 6. The Morgan fingerprint density at radius 2 is 1.73 bits per heavy atom. The largest absolute Gasteiger partial charge is 0.299 e. The van der Waals surface area contributed by atoms with Crippen molar-refractivity contribution in [3.8, 4) is 0 Å². The number of benzene rings is 2. The molecule has 2 aromatic rings. The fourth-order valence-electron chi connectivity index (χ4n) is 3.68. The summed E-state index contributed by atoms with van der Waals surface area (Å²) in [5.41, 5.74) is 7.74. The summed E-state index contributed by atoms with van der Waals surface area (Å²) in [7, 11) is 0. The Morgan fingerprint density at radius 3 is 2.46 bits per heavy atom. The number of aryl methyl sites for hydroxylation is 2. The molecule has 26 heavy (non-hydrogen) atoms. The molecule has 0 fully saturated rings. The zero-order valence-corrected chi connectivity index (χ0v) is 16.2. The summed E-state index contributed by atoms with van der Waals surface area (Å²) in [4.78, 5) is 14.8. The lowest BCUT2D eigenvalue weighted by Crippen LogP contribution is -2.32. The smallest absolute Gasteiger partial charge is 0.162 e. The van der Waals surface area contributed by atoms with Gasteiger partial charge in [0, 0.05) is 25.1 Å². The maximum Gasteiger partial charge on any atom is 0.162 e. The Balaban J connectivity index is 1.56. The van der Waals surface area contributed by atoms with Crippen LogP contribution in [0, 0.1) is 13.8 Å². The van der Waals surface area contributed by atoms with Crippen LogP contribution in [0.15, 0.2) is 54.1 Å². The molecule has 0 saturated heterocycles. The highest BCUT2D eigenvalue weighted by atomic mass is 16.1. The Bertz CT molecular complexity index is 801. The van der Waals surface area contributed by atoms with Crippen molar-refractivity contribution in [1.82, 2.24) is 4.90 Å². The van der Waals surface area contributed by atoms with E-state index >= 15 is 0 Å². The number of hydrogen-bond acceptors (Lipinski definition) is 2. The summed E-state index contributed by atoms with van der Waals surface area (Å²) >= 11 is 0. The van der Waals surface area contributed by atoms with Gasteiger partial charge in [-0.3, -0.25) is 9.69 Å². The first-order valence-corrected chi connectivity index (χ1v) is 9.61. The first-order chi connectivity index (χ1) is 12.5. The molecule has 0 aliphatic carbocycles. The van der Waals surface area contributed by atoms with Crippen LogP contribution < -0.4 is 0 Å². The van der Waals surface area contributed by atoms with Crippen molar-refractivity contribution >= 4 is 11.4 Å². The first kappa shape index (κ1) is 18.6. The molecular weight excluding hydrogens is 318 g/mol. The van der Waals surface area contributed by atoms with Crippen molar-refractivity contribution in [3.05, 3.63) is 76.4 Å². The maximum absolute atomic E-state index is 12.4. The number of ketones is 1. The molecule has 0 radical (unpaired) electrons. The Hall–Kier alpha value is -2.19. The molecule has 1 heterocycles. The lowest BCUT2D eigenvalue weighted by molar-refractivity contribution is 0.0975. The third kappa shape index (κ3) is 4.50. The first-order valence-electron chi connectivity index (χ1n) is 9.61. The minimum Gasteiger partial charge on any atom is -0.299 e. The van der Waals surface area contributed by atoms with E-state index in [1.807, 2.05) is 31.2 Å². The van der Waals surface area contributed by atoms with Gasteiger partial charge in [0.05, 0.1) is 0 Å². The lowest BCUT2D eigenvalue weighted by atomic mass is 9.92. The van der Waals surface area contributed by atoms with Crippen molar-refractivity contribution in [3.63, 3.8) is 0 Å². The van der Waals surface area contributed by atoms with E-state index in [9.17, 15) is 4.79 Å². The van der Waals surface area contributed by atoms with E-state index in [0.717, 1.165) is 38.0 Å². The summed E-state index contributed by atoms with van der Waals surface area (Å²) in [6.07, 6.45) is 2.67. The Kier molecular flexibility index (Phi) is 6.05. The van der Waals surface area contributed by atoms with Crippen LogP contribution in [0.2, 0.25) is 0 Å². The van der Waals surface area contributed by atoms with Crippen molar-refractivity contribution in [1.29, 1.82) is 0 Å². The summed E-state index contributed by atoms with van der Waals surface area (Å²) in [6, 6.07) is 16.6. The fraction of sp³-hybridized carbons (Fsp3) is 0.375. The second-order valence-corrected chi connectivity index (χ2v) is 7.49. The van der Waals surface area contributed by atoms with Gasteiger partial charge in [-0.25, -0.2) is 0 Å². The van der Waals surface area contributed by atoms with Gasteiger partial charge in [-0.2, -0.15) is 0 Å². The highest BCUT2D eigenvalue weighted by Crippen LogP contribution is 2.28. The van der Waals surface area contributed by atoms with Crippen LogP contribution in [-0.4, -0.2) is 30.3 Å². The van der Waals surface area contributed by atoms with Crippen molar-refractivity contribution in [2.75, 3.05) is 19.6 Å². The molecule has 3 rings (SSSR count). The molecule has 0 unspecified atom stereocenters. The van der Waals surface area contributed by atoms with Crippen LogP contribution in [0.5, 0.6) is 0 Å². The zero-order valence-electron chi connectivity index (χ0n) is 16.2. The molecule has 0 atom stereocenters. The van der Waals surface area contributed by atoms with E-state index in [0.29, 0.717) is 6.42 Å². The monoisotopic (exact) mass is 347 g/mol. The number of nitrogens with zero attached hydrogens (tertiary/aromatic N) is 1. The minimum atomic E-state index is 0.257. The average Bonchev–Trinajstić information content (AvgIpc) is 2.64. The molecule has 2 heteroatoms. The van der Waals surface area contributed by atoms with Gasteiger partial charge >= 0.3 is 0 Å². The number of carbonyl (C=O) groups excluding carboxylic acids is 1. The van der Waals surface area contributed by atoms with Crippen LogP contribution in [0.4, 0.5) is 0 Å². The Morgan fingerprint density at radius 1 is 1.00 bits per heavy atom. The van der Waals surface area contributed by atoms with Crippen LogP contribution in [-0.2, 0) is 0 Å². The molecule has 0 saturated carbocycles. The van der Waals surface area contributed by atoms with Gasteiger partial charge < -0.3 is 0 Å². The molecule has 0 aromatic heterocycles.